The minimum absolute atomic E-state index is 0.00546. The van der Waals surface area contributed by atoms with Crippen LogP contribution in [0.4, 0.5) is 0 Å². The lowest BCUT2D eigenvalue weighted by atomic mass is 10.2. The second kappa shape index (κ2) is 8.00. The molecule has 0 aliphatic rings. The van der Waals surface area contributed by atoms with Gasteiger partial charge in [-0.1, -0.05) is 34.1 Å². The predicted molar refractivity (Wildman–Crippen MR) is 85.1 cm³/mol. The molecule has 2 rings (SSSR count). The standard InChI is InChI=1S/C16H18BrNO3/c1-20-11-10-18-16(19)9-7-12-6-8-15(21-12)13-4-2-3-5-14(13)17/h2-6,8H,7,9-11H2,1H3,(H,18,19). The van der Waals surface area contributed by atoms with Gasteiger partial charge in [0.1, 0.15) is 11.5 Å². The van der Waals surface area contributed by atoms with Crippen molar-refractivity contribution >= 4 is 21.8 Å². The summed E-state index contributed by atoms with van der Waals surface area (Å²) in [5.74, 6) is 1.62. The van der Waals surface area contributed by atoms with Crippen LogP contribution in [0.15, 0.2) is 45.3 Å². The molecule has 1 aromatic carbocycles. The first-order valence-electron chi connectivity index (χ1n) is 6.80. The summed E-state index contributed by atoms with van der Waals surface area (Å²) in [6.07, 6.45) is 0.996. The number of carbonyl (C=O) groups excluding carboxylic acids is 1. The summed E-state index contributed by atoms with van der Waals surface area (Å²) in [4.78, 5) is 11.6. The molecule has 0 spiro atoms. The fourth-order valence-corrected chi connectivity index (χ4v) is 2.42. The first kappa shape index (κ1) is 15.8. The SMILES string of the molecule is COCCNC(=O)CCc1ccc(-c2ccccc2Br)o1. The van der Waals surface area contributed by atoms with Crippen molar-refractivity contribution in [2.75, 3.05) is 20.3 Å². The molecule has 1 amide bonds. The third kappa shape index (κ3) is 4.72. The molecule has 0 saturated carbocycles. The maximum absolute atomic E-state index is 11.6. The molecule has 5 heteroatoms. The summed E-state index contributed by atoms with van der Waals surface area (Å²) in [5.41, 5.74) is 1.01. The fourth-order valence-electron chi connectivity index (χ4n) is 1.94. The maximum Gasteiger partial charge on any atom is 0.220 e. The largest absolute Gasteiger partial charge is 0.461 e. The maximum atomic E-state index is 11.6. The van der Waals surface area contributed by atoms with Gasteiger partial charge in [-0.3, -0.25) is 4.79 Å². The second-order valence-corrected chi connectivity index (χ2v) is 5.44. The van der Waals surface area contributed by atoms with E-state index in [-0.39, 0.29) is 5.91 Å². The first-order valence-corrected chi connectivity index (χ1v) is 7.59. The van der Waals surface area contributed by atoms with Gasteiger partial charge in [-0.15, -0.1) is 0 Å². The third-order valence-electron chi connectivity index (χ3n) is 3.03. The molecule has 0 aliphatic carbocycles. The van der Waals surface area contributed by atoms with Crippen LogP contribution in [0.5, 0.6) is 0 Å². The van der Waals surface area contributed by atoms with E-state index >= 15 is 0 Å². The van der Waals surface area contributed by atoms with E-state index in [1.54, 1.807) is 7.11 Å². The number of nitrogens with one attached hydrogen (secondary N) is 1. The Morgan fingerprint density at radius 2 is 2.10 bits per heavy atom. The van der Waals surface area contributed by atoms with Crippen molar-refractivity contribution in [3.8, 4) is 11.3 Å². The normalized spacial score (nSPS) is 10.6. The van der Waals surface area contributed by atoms with Crippen molar-refractivity contribution in [1.29, 1.82) is 0 Å². The summed E-state index contributed by atoms with van der Waals surface area (Å²) in [6, 6.07) is 11.7. The molecule has 0 saturated heterocycles. The minimum atomic E-state index is 0.00546. The number of hydrogen-bond donors (Lipinski definition) is 1. The molecular formula is C16H18BrNO3. The van der Waals surface area contributed by atoms with Gasteiger partial charge in [-0.05, 0) is 18.2 Å². The second-order valence-electron chi connectivity index (χ2n) is 4.59. The number of hydrogen-bond acceptors (Lipinski definition) is 3. The highest BCUT2D eigenvalue weighted by Crippen LogP contribution is 2.29. The Kier molecular flexibility index (Phi) is 6.02. The van der Waals surface area contributed by atoms with Gasteiger partial charge in [0.25, 0.3) is 0 Å². The highest BCUT2D eigenvalue weighted by molar-refractivity contribution is 9.10. The van der Waals surface area contributed by atoms with Crippen LogP contribution in [0.25, 0.3) is 11.3 Å². The van der Waals surface area contributed by atoms with Gasteiger partial charge in [0.15, 0.2) is 0 Å². The Balaban J connectivity index is 1.89. The van der Waals surface area contributed by atoms with Gasteiger partial charge in [-0.2, -0.15) is 0 Å². The van der Waals surface area contributed by atoms with E-state index in [0.717, 1.165) is 21.6 Å². The average Bonchev–Trinajstić information content (AvgIpc) is 2.94. The van der Waals surface area contributed by atoms with E-state index in [1.807, 2.05) is 36.4 Å². The van der Waals surface area contributed by atoms with Crippen LogP contribution in [-0.4, -0.2) is 26.2 Å². The number of ether oxygens (including phenoxy) is 1. The number of aryl methyl sites for hydroxylation is 1. The van der Waals surface area contributed by atoms with Crippen molar-refractivity contribution in [1.82, 2.24) is 5.32 Å². The van der Waals surface area contributed by atoms with Crippen LogP contribution in [0.3, 0.4) is 0 Å². The van der Waals surface area contributed by atoms with E-state index in [2.05, 4.69) is 21.2 Å². The van der Waals surface area contributed by atoms with Crippen LogP contribution >= 0.6 is 15.9 Å². The fraction of sp³-hybridized carbons (Fsp3) is 0.312. The monoisotopic (exact) mass is 351 g/mol. The molecule has 0 radical (unpaired) electrons. The third-order valence-corrected chi connectivity index (χ3v) is 3.72. The molecule has 0 aliphatic heterocycles. The van der Waals surface area contributed by atoms with Gasteiger partial charge < -0.3 is 14.5 Å². The molecule has 4 nitrogen and oxygen atoms in total. The number of carbonyl (C=O) groups is 1. The number of benzene rings is 1. The van der Waals surface area contributed by atoms with E-state index in [1.165, 1.54) is 0 Å². The molecule has 1 heterocycles. The van der Waals surface area contributed by atoms with E-state index < -0.39 is 0 Å². The van der Waals surface area contributed by atoms with Crippen LogP contribution < -0.4 is 5.32 Å². The number of amides is 1. The van der Waals surface area contributed by atoms with Crippen LogP contribution in [0, 0.1) is 0 Å². The number of furan rings is 1. The molecule has 0 bridgehead atoms. The van der Waals surface area contributed by atoms with Gasteiger partial charge in [0.05, 0.1) is 6.61 Å². The van der Waals surface area contributed by atoms with Gasteiger partial charge in [-0.25, -0.2) is 0 Å². The topological polar surface area (TPSA) is 51.5 Å². The molecule has 112 valence electrons. The lowest BCUT2D eigenvalue weighted by molar-refractivity contribution is -0.121. The van der Waals surface area contributed by atoms with Gasteiger partial charge in [0.2, 0.25) is 5.91 Å². The van der Waals surface area contributed by atoms with Crippen molar-refractivity contribution in [3.05, 3.63) is 46.6 Å². The van der Waals surface area contributed by atoms with Gasteiger partial charge >= 0.3 is 0 Å². The lowest BCUT2D eigenvalue weighted by Crippen LogP contribution is -2.26. The van der Waals surface area contributed by atoms with Crippen LogP contribution in [0.1, 0.15) is 12.2 Å². The van der Waals surface area contributed by atoms with Crippen LogP contribution in [0.2, 0.25) is 0 Å². The Morgan fingerprint density at radius 3 is 2.86 bits per heavy atom. The average molecular weight is 352 g/mol. The smallest absolute Gasteiger partial charge is 0.220 e. The Morgan fingerprint density at radius 1 is 1.29 bits per heavy atom. The van der Waals surface area contributed by atoms with Crippen molar-refractivity contribution in [3.63, 3.8) is 0 Å². The minimum Gasteiger partial charge on any atom is -0.461 e. The molecule has 1 aromatic heterocycles. The van der Waals surface area contributed by atoms with E-state index in [0.29, 0.717) is 26.0 Å². The Hall–Kier alpha value is -1.59. The van der Waals surface area contributed by atoms with Crippen molar-refractivity contribution in [2.24, 2.45) is 0 Å². The molecular weight excluding hydrogens is 334 g/mol. The summed E-state index contributed by atoms with van der Waals surface area (Å²) < 4.78 is 11.7. The summed E-state index contributed by atoms with van der Waals surface area (Å²) in [5, 5.41) is 2.79. The molecule has 1 N–H and O–H groups in total. The highest BCUT2D eigenvalue weighted by atomic mass is 79.9. The van der Waals surface area contributed by atoms with E-state index in [4.69, 9.17) is 9.15 Å². The predicted octanol–water partition coefficient (Wildman–Crippen LogP) is 3.40. The zero-order valence-corrected chi connectivity index (χ0v) is 13.5. The number of rotatable bonds is 7. The quantitative estimate of drug-likeness (QED) is 0.777. The molecule has 21 heavy (non-hydrogen) atoms. The summed E-state index contributed by atoms with van der Waals surface area (Å²) >= 11 is 3.50. The van der Waals surface area contributed by atoms with Crippen LogP contribution in [-0.2, 0) is 16.0 Å². The molecule has 2 aromatic rings. The first-order chi connectivity index (χ1) is 10.2. The van der Waals surface area contributed by atoms with Crippen molar-refractivity contribution < 1.29 is 13.9 Å². The lowest BCUT2D eigenvalue weighted by Gasteiger charge is -2.03. The van der Waals surface area contributed by atoms with Gasteiger partial charge in [0, 0.05) is 36.5 Å². The highest BCUT2D eigenvalue weighted by Gasteiger charge is 2.09. The van der Waals surface area contributed by atoms with E-state index in [9.17, 15) is 4.79 Å². The molecule has 0 unspecified atom stereocenters. The Labute approximate surface area is 132 Å². The zero-order valence-electron chi connectivity index (χ0n) is 11.9. The van der Waals surface area contributed by atoms with Crippen molar-refractivity contribution in [2.45, 2.75) is 12.8 Å². The number of halogens is 1. The Bertz CT molecular complexity index is 595. The molecule has 0 atom stereocenters. The summed E-state index contributed by atoms with van der Waals surface area (Å²) in [7, 11) is 1.61. The summed E-state index contributed by atoms with van der Waals surface area (Å²) in [6.45, 7) is 1.06. The molecule has 0 fully saturated rings. The zero-order chi connectivity index (χ0) is 15.1. The number of methoxy groups -OCH3 is 1.